The summed E-state index contributed by atoms with van der Waals surface area (Å²) in [6.07, 6.45) is 0. The Kier molecular flexibility index (Phi) is 2.67. The summed E-state index contributed by atoms with van der Waals surface area (Å²) in [6, 6.07) is 10.1. The number of pyridine rings is 1. The van der Waals surface area contributed by atoms with Crippen LogP contribution < -0.4 is 0 Å². The Morgan fingerprint density at radius 3 is 2.72 bits per heavy atom. The molecule has 90 valence electrons. The summed E-state index contributed by atoms with van der Waals surface area (Å²) in [6.45, 7) is 4.05. The van der Waals surface area contributed by atoms with Crippen LogP contribution in [-0.4, -0.2) is 15.0 Å². The maximum absolute atomic E-state index is 4.56. The van der Waals surface area contributed by atoms with E-state index in [-0.39, 0.29) is 0 Å². The van der Waals surface area contributed by atoms with Gasteiger partial charge in [-0.05, 0) is 37.6 Å². The lowest BCUT2D eigenvalue weighted by Gasteiger charge is -2.03. The van der Waals surface area contributed by atoms with Crippen molar-refractivity contribution in [3.8, 4) is 11.4 Å². The maximum Gasteiger partial charge on any atom is 0.178 e. The fourth-order valence-corrected chi connectivity index (χ4v) is 2.34. The number of imidazole rings is 1. The normalized spacial score (nSPS) is 11.1. The van der Waals surface area contributed by atoms with Crippen LogP contribution in [0.3, 0.4) is 0 Å². The second kappa shape index (κ2) is 4.21. The summed E-state index contributed by atoms with van der Waals surface area (Å²) < 4.78 is 1.09. The van der Waals surface area contributed by atoms with E-state index in [4.69, 9.17) is 0 Å². The molecule has 3 aromatic rings. The average molecular weight is 302 g/mol. The van der Waals surface area contributed by atoms with E-state index in [0.717, 1.165) is 32.7 Å². The van der Waals surface area contributed by atoms with Crippen molar-refractivity contribution in [1.82, 2.24) is 15.0 Å². The Balaban J connectivity index is 2.22. The molecule has 0 aliphatic carbocycles. The van der Waals surface area contributed by atoms with Gasteiger partial charge in [0.25, 0.3) is 0 Å². The Hall–Kier alpha value is -1.68. The van der Waals surface area contributed by atoms with Crippen molar-refractivity contribution in [2.24, 2.45) is 0 Å². The third-order valence-electron chi connectivity index (χ3n) is 3.01. The zero-order chi connectivity index (χ0) is 12.7. The van der Waals surface area contributed by atoms with Gasteiger partial charge in [0, 0.05) is 15.7 Å². The van der Waals surface area contributed by atoms with E-state index in [1.807, 2.05) is 31.2 Å². The SMILES string of the molecule is Cc1ccc2[nH]c(-c3cccc(Br)c3C)nc2n1. The van der Waals surface area contributed by atoms with Gasteiger partial charge in [-0.25, -0.2) is 9.97 Å². The van der Waals surface area contributed by atoms with Gasteiger partial charge in [0.1, 0.15) is 5.82 Å². The first-order valence-electron chi connectivity index (χ1n) is 5.74. The third-order valence-corrected chi connectivity index (χ3v) is 3.87. The number of rotatable bonds is 1. The number of hydrogen-bond acceptors (Lipinski definition) is 2. The molecule has 0 saturated carbocycles. The van der Waals surface area contributed by atoms with Crippen molar-refractivity contribution >= 4 is 27.1 Å². The highest BCUT2D eigenvalue weighted by molar-refractivity contribution is 9.10. The molecule has 18 heavy (non-hydrogen) atoms. The molecule has 0 spiro atoms. The second-order valence-electron chi connectivity index (χ2n) is 4.32. The molecule has 1 N–H and O–H groups in total. The Bertz CT molecular complexity index is 731. The predicted molar refractivity (Wildman–Crippen MR) is 76.5 cm³/mol. The average Bonchev–Trinajstić information content (AvgIpc) is 2.75. The number of aromatic amines is 1. The molecule has 0 saturated heterocycles. The van der Waals surface area contributed by atoms with Gasteiger partial charge >= 0.3 is 0 Å². The van der Waals surface area contributed by atoms with E-state index in [2.05, 4.69) is 43.9 Å². The van der Waals surface area contributed by atoms with Crippen molar-refractivity contribution in [1.29, 1.82) is 0 Å². The molecule has 0 fully saturated rings. The molecule has 0 aliphatic rings. The highest BCUT2D eigenvalue weighted by Crippen LogP contribution is 2.27. The van der Waals surface area contributed by atoms with Crippen LogP contribution in [-0.2, 0) is 0 Å². The summed E-state index contributed by atoms with van der Waals surface area (Å²) in [7, 11) is 0. The van der Waals surface area contributed by atoms with Crippen LogP contribution in [0.25, 0.3) is 22.6 Å². The third kappa shape index (κ3) is 1.82. The van der Waals surface area contributed by atoms with E-state index >= 15 is 0 Å². The lowest BCUT2D eigenvalue weighted by Crippen LogP contribution is -1.86. The number of H-pyrrole nitrogens is 1. The van der Waals surface area contributed by atoms with Gasteiger partial charge in [0.05, 0.1) is 5.52 Å². The Morgan fingerprint density at radius 1 is 1.06 bits per heavy atom. The summed E-state index contributed by atoms with van der Waals surface area (Å²) in [5.41, 5.74) is 4.99. The van der Waals surface area contributed by atoms with Gasteiger partial charge in [0.2, 0.25) is 0 Å². The highest BCUT2D eigenvalue weighted by Gasteiger charge is 2.09. The number of aromatic nitrogens is 3. The van der Waals surface area contributed by atoms with E-state index in [0.29, 0.717) is 0 Å². The molecule has 0 aliphatic heterocycles. The molecule has 4 heteroatoms. The fraction of sp³-hybridized carbons (Fsp3) is 0.143. The first-order valence-corrected chi connectivity index (χ1v) is 6.53. The highest BCUT2D eigenvalue weighted by atomic mass is 79.9. The maximum atomic E-state index is 4.56. The Morgan fingerprint density at radius 2 is 1.89 bits per heavy atom. The van der Waals surface area contributed by atoms with Crippen molar-refractivity contribution in [3.05, 3.63) is 46.1 Å². The van der Waals surface area contributed by atoms with Crippen molar-refractivity contribution in [2.45, 2.75) is 13.8 Å². The largest absolute Gasteiger partial charge is 0.337 e. The van der Waals surface area contributed by atoms with Crippen molar-refractivity contribution in [3.63, 3.8) is 0 Å². The molecule has 0 amide bonds. The predicted octanol–water partition coefficient (Wildman–Crippen LogP) is 4.00. The summed E-state index contributed by atoms with van der Waals surface area (Å²) >= 11 is 3.54. The van der Waals surface area contributed by atoms with Gasteiger partial charge < -0.3 is 4.98 Å². The number of hydrogen-bond donors (Lipinski definition) is 1. The molecule has 3 nitrogen and oxygen atoms in total. The molecule has 0 radical (unpaired) electrons. The van der Waals surface area contributed by atoms with Crippen molar-refractivity contribution < 1.29 is 0 Å². The number of benzene rings is 1. The molecule has 0 unspecified atom stereocenters. The number of nitrogens with zero attached hydrogens (tertiary/aromatic N) is 2. The minimum absolute atomic E-state index is 0.768. The number of fused-ring (bicyclic) bond motifs is 1. The van der Waals surface area contributed by atoms with E-state index in [1.165, 1.54) is 5.56 Å². The van der Waals surface area contributed by atoms with Crippen LogP contribution in [0.2, 0.25) is 0 Å². The van der Waals surface area contributed by atoms with E-state index in [1.54, 1.807) is 0 Å². The molecule has 3 rings (SSSR count). The molecule has 2 heterocycles. The van der Waals surface area contributed by atoms with Gasteiger partial charge in [-0.2, -0.15) is 0 Å². The van der Waals surface area contributed by atoms with Crippen molar-refractivity contribution in [2.75, 3.05) is 0 Å². The molecule has 1 aromatic carbocycles. The summed E-state index contributed by atoms with van der Waals surface area (Å²) in [5, 5.41) is 0. The first kappa shape index (κ1) is 11.4. The smallest absolute Gasteiger partial charge is 0.178 e. The lowest BCUT2D eigenvalue weighted by atomic mass is 10.1. The van der Waals surface area contributed by atoms with Gasteiger partial charge in [0.15, 0.2) is 5.65 Å². The lowest BCUT2D eigenvalue weighted by molar-refractivity contribution is 1.22. The van der Waals surface area contributed by atoms with Crippen LogP contribution in [0, 0.1) is 13.8 Å². The second-order valence-corrected chi connectivity index (χ2v) is 5.18. The van der Waals surface area contributed by atoms with Gasteiger partial charge in [-0.15, -0.1) is 0 Å². The van der Waals surface area contributed by atoms with Crippen LogP contribution in [0.4, 0.5) is 0 Å². The molecule has 0 atom stereocenters. The Labute approximate surface area is 113 Å². The number of nitrogens with one attached hydrogen (secondary N) is 1. The van der Waals surface area contributed by atoms with Crippen LogP contribution in [0.5, 0.6) is 0 Å². The molecule has 0 bridgehead atoms. The van der Waals surface area contributed by atoms with E-state index < -0.39 is 0 Å². The molecule has 2 aromatic heterocycles. The quantitative estimate of drug-likeness (QED) is 0.738. The summed E-state index contributed by atoms with van der Waals surface area (Å²) in [5.74, 6) is 0.863. The standard InChI is InChI=1S/C14H12BrN3/c1-8-6-7-12-14(16-8)18-13(17-12)10-4-3-5-11(15)9(10)2/h3-7H,1-2H3,(H,16,17,18). The summed E-state index contributed by atoms with van der Waals surface area (Å²) in [4.78, 5) is 12.3. The number of aryl methyl sites for hydroxylation is 1. The van der Waals surface area contributed by atoms with Crippen LogP contribution >= 0.6 is 15.9 Å². The monoisotopic (exact) mass is 301 g/mol. The first-order chi connectivity index (χ1) is 8.65. The van der Waals surface area contributed by atoms with Crippen LogP contribution in [0.15, 0.2) is 34.8 Å². The zero-order valence-electron chi connectivity index (χ0n) is 10.2. The number of halogens is 1. The molecular weight excluding hydrogens is 290 g/mol. The molecular formula is C14H12BrN3. The topological polar surface area (TPSA) is 41.6 Å². The van der Waals surface area contributed by atoms with Gasteiger partial charge in [-0.3, -0.25) is 0 Å². The minimum atomic E-state index is 0.768. The van der Waals surface area contributed by atoms with Gasteiger partial charge in [-0.1, -0.05) is 28.1 Å². The van der Waals surface area contributed by atoms with E-state index in [9.17, 15) is 0 Å². The zero-order valence-corrected chi connectivity index (χ0v) is 11.7. The fourth-order valence-electron chi connectivity index (χ4n) is 1.98. The van der Waals surface area contributed by atoms with Crippen LogP contribution in [0.1, 0.15) is 11.3 Å². The minimum Gasteiger partial charge on any atom is -0.337 e.